The molecular weight excluding hydrogens is 235 g/mol. The van der Waals surface area contributed by atoms with E-state index in [2.05, 4.69) is 10.00 Å². The minimum atomic E-state index is -0.891. The molecule has 0 unspecified atom stereocenters. The third kappa shape index (κ3) is 1.89. The van der Waals surface area contributed by atoms with Gasteiger partial charge in [-0.25, -0.2) is 4.39 Å². The first kappa shape index (κ1) is 11.9. The van der Waals surface area contributed by atoms with Crippen LogP contribution in [-0.4, -0.2) is 53.2 Å². The molecule has 0 aromatic carbocycles. The molecular formula is C12H19FN4O. The summed E-state index contributed by atoms with van der Waals surface area (Å²) >= 11 is 0. The molecule has 0 aliphatic carbocycles. The van der Waals surface area contributed by atoms with Gasteiger partial charge >= 0.3 is 0 Å². The second-order valence-electron chi connectivity index (χ2n) is 5.19. The maximum absolute atomic E-state index is 14.3. The highest BCUT2D eigenvalue weighted by molar-refractivity contribution is 5.40. The summed E-state index contributed by atoms with van der Waals surface area (Å²) in [7, 11) is 0. The lowest BCUT2D eigenvalue weighted by atomic mass is 10.0. The average Bonchev–Trinajstić information content (AvgIpc) is 2.58. The minimum absolute atomic E-state index is 0.181. The number of nitrogens with zero attached hydrogens (tertiary/aromatic N) is 3. The van der Waals surface area contributed by atoms with Crippen LogP contribution in [-0.2, 0) is 4.74 Å². The van der Waals surface area contributed by atoms with E-state index in [1.807, 2.05) is 6.92 Å². The van der Waals surface area contributed by atoms with Gasteiger partial charge in [0.25, 0.3) is 0 Å². The van der Waals surface area contributed by atoms with E-state index in [4.69, 9.17) is 10.5 Å². The number of alkyl halides is 1. The van der Waals surface area contributed by atoms with Gasteiger partial charge in [0.05, 0.1) is 42.9 Å². The van der Waals surface area contributed by atoms with Crippen LogP contribution in [0.2, 0.25) is 0 Å². The Morgan fingerprint density at radius 1 is 1.50 bits per heavy atom. The van der Waals surface area contributed by atoms with Crippen LogP contribution in [0.1, 0.15) is 18.2 Å². The predicted octanol–water partition coefficient (Wildman–Crippen LogP) is 0.757. The van der Waals surface area contributed by atoms with Crippen molar-refractivity contribution >= 4 is 5.69 Å². The van der Waals surface area contributed by atoms with Crippen molar-refractivity contribution in [2.75, 3.05) is 32.0 Å². The number of anilines is 1. The van der Waals surface area contributed by atoms with E-state index in [1.54, 1.807) is 10.9 Å². The lowest BCUT2D eigenvalue weighted by Gasteiger charge is -2.42. The van der Waals surface area contributed by atoms with E-state index in [0.717, 1.165) is 31.9 Å². The maximum Gasteiger partial charge on any atom is 0.135 e. The Labute approximate surface area is 106 Å². The molecule has 3 rings (SSSR count). The third-order valence-electron chi connectivity index (χ3n) is 4.07. The Hall–Kier alpha value is -1.14. The number of ether oxygens (including phenoxy) is 1. The normalized spacial score (nSPS) is 30.3. The minimum Gasteiger partial charge on any atom is -0.396 e. The number of halogens is 1. The van der Waals surface area contributed by atoms with Crippen molar-refractivity contribution in [2.24, 2.45) is 0 Å². The van der Waals surface area contributed by atoms with Crippen molar-refractivity contribution in [1.29, 1.82) is 0 Å². The van der Waals surface area contributed by atoms with Gasteiger partial charge in [-0.15, -0.1) is 0 Å². The van der Waals surface area contributed by atoms with Gasteiger partial charge in [0.15, 0.2) is 0 Å². The van der Waals surface area contributed by atoms with Crippen LogP contribution < -0.4 is 5.73 Å². The van der Waals surface area contributed by atoms with Crippen LogP contribution in [0, 0.1) is 6.92 Å². The van der Waals surface area contributed by atoms with E-state index in [-0.39, 0.29) is 6.04 Å². The Morgan fingerprint density at radius 2 is 2.28 bits per heavy atom. The largest absolute Gasteiger partial charge is 0.396 e. The monoisotopic (exact) mass is 254 g/mol. The standard InChI is InChI=1S/C12H19FN4O/c1-8-11(14)4-15-17(8)12-2-3-16(5-10(12)13)9-6-18-7-9/h4,9-10,12H,2-3,5-7,14H2,1H3/t10-,12-/m1/s1. The van der Waals surface area contributed by atoms with Crippen molar-refractivity contribution in [3.05, 3.63) is 11.9 Å². The van der Waals surface area contributed by atoms with Gasteiger partial charge < -0.3 is 10.5 Å². The van der Waals surface area contributed by atoms with Crippen LogP contribution in [0.25, 0.3) is 0 Å². The molecule has 2 saturated heterocycles. The third-order valence-corrected chi connectivity index (χ3v) is 4.07. The smallest absolute Gasteiger partial charge is 0.135 e. The summed E-state index contributed by atoms with van der Waals surface area (Å²) in [5.41, 5.74) is 7.27. The van der Waals surface area contributed by atoms with E-state index in [9.17, 15) is 4.39 Å². The molecule has 0 radical (unpaired) electrons. The fraction of sp³-hybridized carbons (Fsp3) is 0.750. The molecule has 1 aromatic rings. The zero-order valence-corrected chi connectivity index (χ0v) is 10.6. The summed E-state index contributed by atoms with van der Waals surface area (Å²) < 4.78 is 21.2. The number of aromatic nitrogens is 2. The summed E-state index contributed by atoms with van der Waals surface area (Å²) in [6.45, 7) is 4.74. The highest BCUT2D eigenvalue weighted by Crippen LogP contribution is 2.29. The first-order valence-corrected chi connectivity index (χ1v) is 6.42. The Bertz CT molecular complexity index is 432. The summed E-state index contributed by atoms with van der Waals surface area (Å²) in [6.07, 6.45) is 1.49. The quantitative estimate of drug-likeness (QED) is 0.846. The first-order valence-electron chi connectivity index (χ1n) is 6.42. The second-order valence-corrected chi connectivity index (χ2v) is 5.19. The molecule has 1 aromatic heterocycles. The molecule has 100 valence electrons. The molecule has 0 bridgehead atoms. The molecule has 3 heterocycles. The van der Waals surface area contributed by atoms with Crippen molar-refractivity contribution in [1.82, 2.24) is 14.7 Å². The van der Waals surface area contributed by atoms with Gasteiger partial charge in [-0.1, -0.05) is 0 Å². The van der Waals surface area contributed by atoms with Crippen LogP contribution >= 0.6 is 0 Å². The molecule has 18 heavy (non-hydrogen) atoms. The Kier molecular flexibility index (Phi) is 2.99. The van der Waals surface area contributed by atoms with Crippen molar-refractivity contribution in [2.45, 2.75) is 31.6 Å². The summed E-state index contributed by atoms with van der Waals surface area (Å²) in [4.78, 5) is 2.19. The van der Waals surface area contributed by atoms with Crippen molar-refractivity contribution < 1.29 is 9.13 Å². The number of nitrogen functional groups attached to an aromatic ring is 1. The summed E-state index contributed by atoms with van der Waals surface area (Å²) in [6, 6.07) is 0.229. The zero-order chi connectivity index (χ0) is 12.7. The molecule has 2 fully saturated rings. The predicted molar refractivity (Wildman–Crippen MR) is 66.1 cm³/mol. The molecule has 5 nitrogen and oxygen atoms in total. The van der Waals surface area contributed by atoms with Crippen LogP contribution in [0.5, 0.6) is 0 Å². The van der Waals surface area contributed by atoms with Gasteiger partial charge in [0, 0.05) is 13.1 Å². The molecule has 2 aliphatic rings. The first-order chi connectivity index (χ1) is 8.66. The average molecular weight is 254 g/mol. The van der Waals surface area contributed by atoms with E-state index in [1.165, 1.54) is 0 Å². The number of hydrogen-bond acceptors (Lipinski definition) is 4. The zero-order valence-electron chi connectivity index (χ0n) is 10.6. The van der Waals surface area contributed by atoms with Crippen LogP contribution in [0.15, 0.2) is 6.20 Å². The Balaban J connectivity index is 1.70. The molecule has 6 heteroatoms. The number of piperidine rings is 1. The topological polar surface area (TPSA) is 56.3 Å². The molecule has 0 amide bonds. The Morgan fingerprint density at radius 3 is 2.78 bits per heavy atom. The molecule has 2 aliphatic heterocycles. The van der Waals surface area contributed by atoms with Gasteiger partial charge in [-0.05, 0) is 13.3 Å². The number of likely N-dealkylation sites (tertiary alicyclic amines) is 1. The van der Waals surface area contributed by atoms with E-state index in [0.29, 0.717) is 18.3 Å². The fourth-order valence-corrected chi connectivity index (χ4v) is 2.73. The fourth-order valence-electron chi connectivity index (χ4n) is 2.73. The summed E-state index contributed by atoms with van der Waals surface area (Å²) in [5.74, 6) is 0. The van der Waals surface area contributed by atoms with Crippen LogP contribution in [0.4, 0.5) is 10.1 Å². The molecule has 2 N–H and O–H groups in total. The molecule has 0 spiro atoms. The molecule has 0 saturated carbocycles. The van der Waals surface area contributed by atoms with Gasteiger partial charge in [0.1, 0.15) is 6.17 Å². The highest BCUT2D eigenvalue weighted by Gasteiger charge is 2.36. The van der Waals surface area contributed by atoms with Crippen molar-refractivity contribution in [3.8, 4) is 0 Å². The summed E-state index contributed by atoms with van der Waals surface area (Å²) in [5, 5.41) is 4.20. The number of nitrogens with two attached hydrogens (primary N) is 1. The van der Waals surface area contributed by atoms with Gasteiger partial charge in [-0.2, -0.15) is 5.10 Å². The lowest BCUT2D eigenvalue weighted by Crippen LogP contribution is -2.55. The van der Waals surface area contributed by atoms with E-state index < -0.39 is 6.17 Å². The second kappa shape index (κ2) is 4.51. The van der Waals surface area contributed by atoms with Gasteiger partial charge in [0.2, 0.25) is 0 Å². The highest BCUT2D eigenvalue weighted by atomic mass is 19.1. The maximum atomic E-state index is 14.3. The SMILES string of the molecule is Cc1c(N)cnn1[C@@H]1CCN(C2COC2)C[C@H]1F. The van der Waals surface area contributed by atoms with Crippen molar-refractivity contribution in [3.63, 3.8) is 0 Å². The van der Waals surface area contributed by atoms with Gasteiger partial charge in [-0.3, -0.25) is 9.58 Å². The number of hydrogen-bond donors (Lipinski definition) is 1. The van der Waals surface area contributed by atoms with Crippen LogP contribution in [0.3, 0.4) is 0 Å². The lowest BCUT2D eigenvalue weighted by molar-refractivity contribution is -0.0848. The molecule has 2 atom stereocenters. The van der Waals surface area contributed by atoms with E-state index >= 15 is 0 Å². The number of rotatable bonds is 2.